The first kappa shape index (κ1) is 14.4. The summed E-state index contributed by atoms with van der Waals surface area (Å²) in [6.45, 7) is 10.6. The number of carbonyl (C=O) groups excluding carboxylic acids is 1. The van der Waals surface area contributed by atoms with Crippen LogP contribution in [-0.2, 0) is 4.79 Å². The highest BCUT2D eigenvalue weighted by Gasteiger charge is 2.35. The minimum atomic E-state index is -0.930. The Morgan fingerprint density at radius 2 is 1.80 bits per heavy atom. The largest absolute Gasteiger partial charge is 0.388 e. The van der Waals surface area contributed by atoms with Crippen LogP contribution in [0.15, 0.2) is 0 Å². The highest BCUT2D eigenvalue weighted by molar-refractivity contribution is 5.77. The number of nitrogens with one attached hydrogen (secondary N) is 2. The van der Waals surface area contributed by atoms with Gasteiger partial charge >= 0.3 is 0 Å². The third kappa shape index (κ3) is 5.14. The predicted molar refractivity (Wildman–Crippen MR) is 61.7 cm³/mol. The van der Waals surface area contributed by atoms with Crippen molar-refractivity contribution < 1.29 is 9.90 Å². The average Bonchev–Trinajstić information content (AvgIpc) is 2.01. The van der Waals surface area contributed by atoms with E-state index in [-0.39, 0.29) is 5.91 Å². The van der Waals surface area contributed by atoms with Gasteiger partial charge in [-0.25, -0.2) is 0 Å². The fourth-order valence-corrected chi connectivity index (χ4v) is 0.943. The van der Waals surface area contributed by atoms with Crippen molar-refractivity contribution in [2.24, 2.45) is 0 Å². The summed E-state index contributed by atoms with van der Waals surface area (Å²) in [6.07, 6.45) is 0.438. The molecule has 0 rings (SSSR count). The normalized spacial score (nSPS) is 12.7. The first-order valence-corrected chi connectivity index (χ1v) is 5.45. The van der Waals surface area contributed by atoms with Crippen LogP contribution in [0.3, 0.4) is 0 Å². The standard InChI is InChI=1S/C11H24N2O2/c1-6-12-8-7-9(14)13-10(2,3)11(4,5)15/h12,15H,6-8H2,1-5H3,(H,13,14). The van der Waals surface area contributed by atoms with Crippen LogP contribution in [0.25, 0.3) is 0 Å². The van der Waals surface area contributed by atoms with Crippen LogP contribution in [0.5, 0.6) is 0 Å². The van der Waals surface area contributed by atoms with Crippen molar-refractivity contribution in [3.63, 3.8) is 0 Å². The van der Waals surface area contributed by atoms with Gasteiger partial charge in [-0.2, -0.15) is 0 Å². The highest BCUT2D eigenvalue weighted by atomic mass is 16.3. The van der Waals surface area contributed by atoms with Crippen molar-refractivity contribution in [3.05, 3.63) is 0 Å². The maximum absolute atomic E-state index is 11.5. The van der Waals surface area contributed by atoms with Crippen LogP contribution in [0.2, 0.25) is 0 Å². The summed E-state index contributed by atoms with van der Waals surface area (Å²) in [5.41, 5.74) is -1.54. The van der Waals surface area contributed by atoms with E-state index in [2.05, 4.69) is 10.6 Å². The Morgan fingerprint density at radius 3 is 2.20 bits per heavy atom. The van der Waals surface area contributed by atoms with E-state index in [1.54, 1.807) is 13.8 Å². The Morgan fingerprint density at radius 1 is 1.27 bits per heavy atom. The monoisotopic (exact) mass is 216 g/mol. The van der Waals surface area contributed by atoms with Gasteiger partial charge in [-0.3, -0.25) is 4.79 Å². The van der Waals surface area contributed by atoms with Crippen molar-refractivity contribution in [2.45, 2.75) is 52.2 Å². The number of hydrogen-bond acceptors (Lipinski definition) is 3. The van der Waals surface area contributed by atoms with Gasteiger partial charge in [0.25, 0.3) is 0 Å². The maximum atomic E-state index is 11.5. The lowest BCUT2D eigenvalue weighted by atomic mass is 9.86. The van der Waals surface area contributed by atoms with Crippen LogP contribution in [0.4, 0.5) is 0 Å². The Balaban J connectivity index is 4.06. The minimum absolute atomic E-state index is 0.0388. The summed E-state index contributed by atoms with van der Waals surface area (Å²) in [7, 11) is 0. The number of aliphatic hydroxyl groups is 1. The van der Waals surface area contributed by atoms with Gasteiger partial charge in [0, 0.05) is 13.0 Å². The van der Waals surface area contributed by atoms with E-state index in [1.165, 1.54) is 0 Å². The summed E-state index contributed by atoms with van der Waals surface area (Å²) < 4.78 is 0. The molecule has 0 spiro atoms. The molecule has 0 aliphatic rings. The quantitative estimate of drug-likeness (QED) is 0.571. The zero-order chi connectivity index (χ0) is 12.1. The molecule has 4 nitrogen and oxygen atoms in total. The Kier molecular flexibility index (Phi) is 5.24. The summed E-state index contributed by atoms with van der Waals surface area (Å²) in [4.78, 5) is 11.5. The molecule has 0 bridgehead atoms. The maximum Gasteiger partial charge on any atom is 0.221 e. The molecule has 15 heavy (non-hydrogen) atoms. The lowest BCUT2D eigenvalue weighted by molar-refractivity contribution is -0.126. The fourth-order valence-electron chi connectivity index (χ4n) is 0.943. The second-order valence-corrected chi connectivity index (χ2v) is 4.84. The lowest BCUT2D eigenvalue weighted by Gasteiger charge is -2.38. The van der Waals surface area contributed by atoms with Gasteiger partial charge in [-0.1, -0.05) is 6.92 Å². The van der Waals surface area contributed by atoms with Gasteiger partial charge in [0.1, 0.15) is 0 Å². The summed E-state index contributed by atoms with van der Waals surface area (Å²) in [5.74, 6) is -0.0388. The van der Waals surface area contributed by atoms with Crippen molar-refractivity contribution in [1.29, 1.82) is 0 Å². The molecule has 3 N–H and O–H groups in total. The molecule has 0 aromatic carbocycles. The molecule has 90 valence electrons. The molecular weight excluding hydrogens is 192 g/mol. The molecule has 4 heteroatoms. The molecule has 0 fully saturated rings. The molecule has 0 unspecified atom stereocenters. The Labute approximate surface area is 92.4 Å². The zero-order valence-electron chi connectivity index (χ0n) is 10.5. The molecule has 0 radical (unpaired) electrons. The SMILES string of the molecule is CCNCCC(=O)NC(C)(C)C(C)(C)O. The van der Waals surface area contributed by atoms with E-state index >= 15 is 0 Å². The van der Waals surface area contributed by atoms with Gasteiger partial charge in [0.05, 0.1) is 11.1 Å². The van der Waals surface area contributed by atoms with E-state index in [0.717, 1.165) is 6.54 Å². The number of rotatable bonds is 6. The van der Waals surface area contributed by atoms with Gasteiger partial charge in [0.2, 0.25) is 5.91 Å². The minimum Gasteiger partial charge on any atom is -0.388 e. The van der Waals surface area contributed by atoms with Crippen LogP contribution < -0.4 is 10.6 Å². The van der Waals surface area contributed by atoms with Gasteiger partial charge < -0.3 is 15.7 Å². The van der Waals surface area contributed by atoms with Crippen molar-refractivity contribution in [2.75, 3.05) is 13.1 Å². The Hall–Kier alpha value is -0.610. The van der Waals surface area contributed by atoms with Crippen LogP contribution in [-0.4, -0.2) is 35.2 Å². The molecule has 0 saturated heterocycles. The molecule has 0 heterocycles. The Bertz CT molecular complexity index is 207. The van der Waals surface area contributed by atoms with Crippen LogP contribution >= 0.6 is 0 Å². The van der Waals surface area contributed by atoms with Crippen LogP contribution in [0, 0.1) is 0 Å². The molecule has 1 amide bonds. The molecule has 0 atom stereocenters. The van der Waals surface area contributed by atoms with Crippen molar-refractivity contribution >= 4 is 5.91 Å². The highest BCUT2D eigenvalue weighted by Crippen LogP contribution is 2.20. The topological polar surface area (TPSA) is 61.4 Å². The first-order chi connectivity index (χ1) is 6.70. The summed E-state index contributed by atoms with van der Waals surface area (Å²) in [6, 6.07) is 0. The van der Waals surface area contributed by atoms with E-state index in [4.69, 9.17) is 0 Å². The van der Waals surface area contributed by atoms with Gasteiger partial charge in [0.15, 0.2) is 0 Å². The van der Waals surface area contributed by atoms with Crippen LogP contribution in [0.1, 0.15) is 41.0 Å². The molecule has 0 aliphatic carbocycles. The fraction of sp³-hybridized carbons (Fsp3) is 0.909. The third-order valence-electron chi connectivity index (χ3n) is 2.76. The number of amides is 1. The van der Waals surface area contributed by atoms with Crippen molar-refractivity contribution in [1.82, 2.24) is 10.6 Å². The van der Waals surface area contributed by atoms with Gasteiger partial charge in [-0.05, 0) is 34.2 Å². The molecular formula is C11H24N2O2. The van der Waals surface area contributed by atoms with E-state index in [1.807, 2.05) is 20.8 Å². The number of hydrogen-bond donors (Lipinski definition) is 3. The number of carbonyl (C=O) groups is 1. The average molecular weight is 216 g/mol. The molecule has 0 saturated carbocycles. The molecule has 0 aliphatic heterocycles. The summed E-state index contributed by atoms with van der Waals surface area (Å²) >= 11 is 0. The smallest absolute Gasteiger partial charge is 0.221 e. The van der Waals surface area contributed by atoms with E-state index in [9.17, 15) is 9.90 Å². The van der Waals surface area contributed by atoms with E-state index in [0.29, 0.717) is 13.0 Å². The predicted octanol–water partition coefficient (Wildman–Crippen LogP) is 0.652. The third-order valence-corrected chi connectivity index (χ3v) is 2.76. The van der Waals surface area contributed by atoms with Crippen molar-refractivity contribution in [3.8, 4) is 0 Å². The summed E-state index contributed by atoms with van der Waals surface area (Å²) in [5, 5.41) is 15.7. The second-order valence-electron chi connectivity index (χ2n) is 4.84. The lowest BCUT2D eigenvalue weighted by Crippen LogP contribution is -2.57. The first-order valence-electron chi connectivity index (χ1n) is 5.45. The second kappa shape index (κ2) is 5.47. The molecule has 0 aromatic heterocycles. The van der Waals surface area contributed by atoms with Gasteiger partial charge in [-0.15, -0.1) is 0 Å². The zero-order valence-corrected chi connectivity index (χ0v) is 10.5. The van der Waals surface area contributed by atoms with E-state index < -0.39 is 11.1 Å². The molecule has 0 aromatic rings.